The number of aromatic nitrogens is 3. The molecule has 0 aliphatic rings. The molecule has 1 unspecified atom stereocenters. The van der Waals surface area contributed by atoms with Crippen molar-refractivity contribution in [2.24, 2.45) is 5.92 Å². The van der Waals surface area contributed by atoms with Crippen LogP contribution < -0.4 is 5.32 Å². The van der Waals surface area contributed by atoms with Gasteiger partial charge in [-0.1, -0.05) is 6.92 Å². The molecule has 0 spiro atoms. The molecule has 1 atom stereocenters. The van der Waals surface area contributed by atoms with Gasteiger partial charge in [-0.3, -0.25) is 14.7 Å². The number of hydrogen-bond acceptors (Lipinski definition) is 4. The van der Waals surface area contributed by atoms with Gasteiger partial charge < -0.3 is 10.2 Å². The standard InChI is InChI=1S/C9H15N5O2/c1-6(8(15)10-2)4-14(3)9(16)7-11-5-12-13-7/h5-6H,4H2,1-3H3,(H,10,15)(H,11,12,13). The van der Waals surface area contributed by atoms with E-state index in [1.54, 1.807) is 21.0 Å². The molecular weight excluding hydrogens is 210 g/mol. The smallest absolute Gasteiger partial charge is 0.290 e. The molecule has 1 aromatic heterocycles. The molecule has 2 N–H and O–H groups in total. The molecule has 7 nitrogen and oxygen atoms in total. The van der Waals surface area contributed by atoms with Gasteiger partial charge in [0.15, 0.2) is 0 Å². The number of H-pyrrole nitrogens is 1. The van der Waals surface area contributed by atoms with E-state index < -0.39 is 0 Å². The summed E-state index contributed by atoms with van der Waals surface area (Å²) in [6, 6.07) is 0. The number of carbonyl (C=O) groups is 2. The second kappa shape index (κ2) is 5.24. The summed E-state index contributed by atoms with van der Waals surface area (Å²) in [4.78, 5) is 28.2. The minimum absolute atomic E-state index is 0.0998. The average Bonchev–Trinajstić information content (AvgIpc) is 2.79. The Hall–Kier alpha value is -1.92. The van der Waals surface area contributed by atoms with E-state index in [9.17, 15) is 9.59 Å². The predicted octanol–water partition coefficient (Wildman–Crippen LogP) is -0.741. The van der Waals surface area contributed by atoms with Gasteiger partial charge in [-0.05, 0) is 0 Å². The summed E-state index contributed by atoms with van der Waals surface area (Å²) in [5.41, 5.74) is 0. The van der Waals surface area contributed by atoms with E-state index in [0.717, 1.165) is 0 Å². The minimum atomic E-state index is -0.284. The first-order chi connectivity index (χ1) is 7.56. The molecule has 0 saturated heterocycles. The molecule has 0 aliphatic heterocycles. The third-order valence-corrected chi connectivity index (χ3v) is 2.21. The van der Waals surface area contributed by atoms with Crippen LogP contribution in [0.3, 0.4) is 0 Å². The summed E-state index contributed by atoms with van der Waals surface area (Å²) < 4.78 is 0. The summed E-state index contributed by atoms with van der Waals surface area (Å²) in [5, 5.41) is 8.61. The van der Waals surface area contributed by atoms with Crippen molar-refractivity contribution in [1.82, 2.24) is 25.4 Å². The maximum Gasteiger partial charge on any atom is 0.290 e. The van der Waals surface area contributed by atoms with Crippen LogP contribution in [0.5, 0.6) is 0 Å². The molecule has 1 aromatic rings. The fourth-order valence-corrected chi connectivity index (χ4v) is 1.31. The zero-order chi connectivity index (χ0) is 12.1. The van der Waals surface area contributed by atoms with E-state index in [4.69, 9.17) is 0 Å². The lowest BCUT2D eigenvalue weighted by atomic mass is 10.1. The Morgan fingerprint density at radius 2 is 2.31 bits per heavy atom. The third-order valence-electron chi connectivity index (χ3n) is 2.21. The lowest BCUT2D eigenvalue weighted by molar-refractivity contribution is -0.124. The monoisotopic (exact) mass is 225 g/mol. The highest BCUT2D eigenvalue weighted by atomic mass is 16.2. The normalized spacial score (nSPS) is 11.9. The summed E-state index contributed by atoms with van der Waals surface area (Å²) in [6.45, 7) is 2.09. The molecule has 0 saturated carbocycles. The molecular formula is C9H15N5O2. The first-order valence-electron chi connectivity index (χ1n) is 4.88. The topological polar surface area (TPSA) is 91.0 Å². The van der Waals surface area contributed by atoms with Crippen LogP contribution in [-0.2, 0) is 4.79 Å². The Labute approximate surface area is 93.2 Å². The van der Waals surface area contributed by atoms with E-state index in [2.05, 4.69) is 20.5 Å². The molecule has 0 bridgehead atoms. The highest BCUT2D eigenvalue weighted by molar-refractivity contribution is 5.90. The number of carbonyl (C=O) groups excluding carboxylic acids is 2. The van der Waals surface area contributed by atoms with E-state index in [1.165, 1.54) is 11.2 Å². The van der Waals surface area contributed by atoms with E-state index in [0.29, 0.717) is 6.54 Å². The largest absolute Gasteiger partial charge is 0.359 e. The van der Waals surface area contributed by atoms with Gasteiger partial charge in [0, 0.05) is 20.6 Å². The van der Waals surface area contributed by atoms with Crippen LogP contribution >= 0.6 is 0 Å². The van der Waals surface area contributed by atoms with Crippen molar-refractivity contribution in [1.29, 1.82) is 0 Å². The van der Waals surface area contributed by atoms with Crippen molar-refractivity contribution < 1.29 is 9.59 Å². The number of aromatic amines is 1. The van der Waals surface area contributed by atoms with E-state index in [1.807, 2.05) is 0 Å². The van der Waals surface area contributed by atoms with Gasteiger partial charge in [-0.2, -0.15) is 5.10 Å². The molecule has 2 amide bonds. The Bertz CT molecular complexity index is 362. The Morgan fingerprint density at radius 1 is 1.62 bits per heavy atom. The maximum absolute atomic E-state index is 11.7. The highest BCUT2D eigenvalue weighted by Gasteiger charge is 2.19. The molecule has 0 aliphatic carbocycles. The van der Waals surface area contributed by atoms with Gasteiger partial charge in [-0.25, -0.2) is 4.98 Å². The third kappa shape index (κ3) is 2.78. The quantitative estimate of drug-likeness (QED) is 0.706. The molecule has 1 rings (SSSR count). The second-order valence-corrected chi connectivity index (χ2v) is 3.54. The van der Waals surface area contributed by atoms with Crippen LogP contribution in [0.4, 0.5) is 0 Å². The van der Waals surface area contributed by atoms with Gasteiger partial charge in [0.1, 0.15) is 6.33 Å². The number of nitrogens with one attached hydrogen (secondary N) is 2. The Morgan fingerprint density at radius 3 is 2.81 bits per heavy atom. The Kier molecular flexibility index (Phi) is 3.98. The van der Waals surface area contributed by atoms with Crippen LogP contribution in [0.2, 0.25) is 0 Å². The molecule has 1 heterocycles. The van der Waals surface area contributed by atoms with Gasteiger partial charge in [0.05, 0.1) is 5.92 Å². The summed E-state index contributed by atoms with van der Waals surface area (Å²) in [7, 11) is 3.18. The van der Waals surface area contributed by atoms with E-state index in [-0.39, 0.29) is 23.6 Å². The first kappa shape index (κ1) is 12.2. The highest BCUT2D eigenvalue weighted by Crippen LogP contribution is 2.01. The lowest BCUT2D eigenvalue weighted by Crippen LogP contribution is -2.37. The summed E-state index contributed by atoms with van der Waals surface area (Å²) in [5.74, 6) is -0.473. The van der Waals surface area contributed by atoms with Crippen molar-refractivity contribution in [2.45, 2.75) is 6.92 Å². The van der Waals surface area contributed by atoms with E-state index >= 15 is 0 Å². The number of amides is 2. The van der Waals surface area contributed by atoms with Crippen LogP contribution in [0.25, 0.3) is 0 Å². The number of rotatable bonds is 4. The second-order valence-electron chi connectivity index (χ2n) is 3.54. The summed E-state index contributed by atoms with van der Waals surface area (Å²) in [6.07, 6.45) is 1.27. The van der Waals surface area contributed by atoms with Crippen LogP contribution in [-0.4, -0.2) is 52.5 Å². The predicted molar refractivity (Wildman–Crippen MR) is 56.6 cm³/mol. The zero-order valence-electron chi connectivity index (χ0n) is 9.52. The van der Waals surface area contributed by atoms with Crippen molar-refractivity contribution in [3.05, 3.63) is 12.2 Å². The zero-order valence-corrected chi connectivity index (χ0v) is 9.52. The van der Waals surface area contributed by atoms with Crippen LogP contribution in [0, 0.1) is 5.92 Å². The van der Waals surface area contributed by atoms with Gasteiger partial charge in [0.2, 0.25) is 11.7 Å². The van der Waals surface area contributed by atoms with Crippen molar-refractivity contribution >= 4 is 11.8 Å². The molecule has 7 heteroatoms. The van der Waals surface area contributed by atoms with Crippen LogP contribution in [0.15, 0.2) is 6.33 Å². The number of nitrogens with zero attached hydrogens (tertiary/aromatic N) is 3. The van der Waals surface area contributed by atoms with Gasteiger partial charge in [0.25, 0.3) is 5.91 Å². The molecule has 0 aromatic carbocycles. The van der Waals surface area contributed by atoms with Crippen LogP contribution in [0.1, 0.15) is 17.5 Å². The SMILES string of the molecule is CNC(=O)C(C)CN(C)C(=O)c1ncn[nH]1. The minimum Gasteiger partial charge on any atom is -0.359 e. The average molecular weight is 225 g/mol. The molecule has 16 heavy (non-hydrogen) atoms. The first-order valence-corrected chi connectivity index (χ1v) is 4.88. The molecule has 0 radical (unpaired) electrons. The fourth-order valence-electron chi connectivity index (χ4n) is 1.31. The maximum atomic E-state index is 11.7. The van der Waals surface area contributed by atoms with Gasteiger partial charge >= 0.3 is 0 Å². The lowest BCUT2D eigenvalue weighted by Gasteiger charge is -2.19. The van der Waals surface area contributed by atoms with Crippen molar-refractivity contribution in [3.63, 3.8) is 0 Å². The summed E-state index contributed by atoms with van der Waals surface area (Å²) >= 11 is 0. The Balaban J connectivity index is 2.56. The van der Waals surface area contributed by atoms with Crippen molar-refractivity contribution in [3.8, 4) is 0 Å². The fraction of sp³-hybridized carbons (Fsp3) is 0.556. The molecule has 88 valence electrons. The molecule has 0 fully saturated rings. The number of hydrogen-bond donors (Lipinski definition) is 2. The van der Waals surface area contributed by atoms with Gasteiger partial charge in [-0.15, -0.1) is 0 Å². The van der Waals surface area contributed by atoms with Crippen molar-refractivity contribution in [2.75, 3.05) is 20.6 Å².